The Hall–Kier alpha value is -2.57. The summed E-state index contributed by atoms with van der Waals surface area (Å²) >= 11 is 0. The Kier molecular flexibility index (Phi) is 5.11. The van der Waals surface area contributed by atoms with Crippen LogP contribution in [0.25, 0.3) is 0 Å². The Bertz CT molecular complexity index is 669. The van der Waals surface area contributed by atoms with Gasteiger partial charge in [0, 0.05) is 13.0 Å². The summed E-state index contributed by atoms with van der Waals surface area (Å²) in [6.07, 6.45) is 2.86. The summed E-state index contributed by atoms with van der Waals surface area (Å²) in [5.41, 5.74) is -0.941. The molecule has 130 valence electrons. The Labute approximate surface area is 139 Å². The summed E-state index contributed by atoms with van der Waals surface area (Å²) in [6, 6.07) is 0. The van der Waals surface area contributed by atoms with Crippen molar-refractivity contribution in [1.82, 2.24) is 4.90 Å². The molecule has 0 aromatic heterocycles. The molecule has 1 aliphatic rings. The molecule has 7 heteroatoms. The van der Waals surface area contributed by atoms with E-state index >= 15 is 0 Å². The van der Waals surface area contributed by atoms with E-state index in [2.05, 4.69) is 0 Å². The van der Waals surface area contributed by atoms with Crippen molar-refractivity contribution < 1.29 is 29.7 Å². The van der Waals surface area contributed by atoms with Gasteiger partial charge in [-0.1, -0.05) is 6.42 Å². The number of amides is 1. The first-order valence-corrected chi connectivity index (χ1v) is 7.85. The lowest BCUT2D eigenvalue weighted by Gasteiger charge is -2.23. The lowest BCUT2D eigenvalue weighted by Crippen LogP contribution is -2.30. The smallest absolute Gasteiger partial charge is 0.222 e. The van der Waals surface area contributed by atoms with Crippen molar-refractivity contribution in [2.45, 2.75) is 46.1 Å². The lowest BCUT2D eigenvalue weighted by atomic mass is 9.96. The van der Waals surface area contributed by atoms with Crippen LogP contribution in [0.5, 0.6) is 17.2 Å². The van der Waals surface area contributed by atoms with Crippen molar-refractivity contribution in [3.63, 3.8) is 0 Å². The number of aromatic hydroxyl groups is 3. The first kappa shape index (κ1) is 17.8. The molecule has 0 saturated carbocycles. The molecule has 0 unspecified atom stereocenters. The van der Waals surface area contributed by atoms with Crippen LogP contribution in [0.2, 0.25) is 0 Å². The minimum absolute atomic E-state index is 0.0987. The van der Waals surface area contributed by atoms with E-state index in [9.17, 15) is 29.7 Å². The number of phenols is 3. The average molecular weight is 335 g/mol. The van der Waals surface area contributed by atoms with Gasteiger partial charge in [0.1, 0.15) is 28.4 Å². The van der Waals surface area contributed by atoms with Crippen molar-refractivity contribution in [2.24, 2.45) is 0 Å². The van der Waals surface area contributed by atoms with E-state index in [1.165, 1.54) is 4.90 Å². The fourth-order valence-electron chi connectivity index (χ4n) is 2.98. The largest absolute Gasteiger partial charge is 0.507 e. The molecular formula is C17H21NO6. The maximum absolute atomic E-state index is 12.1. The highest BCUT2D eigenvalue weighted by Crippen LogP contribution is 2.43. The van der Waals surface area contributed by atoms with Gasteiger partial charge >= 0.3 is 0 Å². The van der Waals surface area contributed by atoms with Crippen LogP contribution in [-0.4, -0.2) is 44.2 Å². The number of Topliss-reactive ketones (excluding diaryl/α,β-unsaturated/α-hetero) is 2. The molecule has 0 aliphatic carbocycles. The number of benzene rings is 1. The maximum atomic E-state index is 12.1. The van der Waals surface area contributed by atoms with E-state index in [1.807, 2.05) is 0 Å². The number of likely N-dealkylation sites (tertiary alicyclic amines) is 1. The van der Waals surface area contributed by atoms with E-state index < -0.39 is 39.9 Å². The van der Waals surface area contributed by atoms with Crippen molar-refractivity contribution in [1.29, 1.82) is 0 Å². The van der Waals surface area contributed by atoms with Gasteiger partial charge in [-0.2, -0.15) is 0 Å². The second-order valence-electron chi connectivity index (χ2n) is 6.01. The van der Waals surface area contributed by atoms with Crippen molar-refractivity contribution in [3.8, 4) is 17.2 Å². The van der Waals surface area contributed by atoms with Crippen LogP contribution in [0.1, 0.15) is 65.8 Å². The first-order valence-electron chi connectivity index (χ1n) is 7.85. The summed E-state index contributed by atoms with van der Waals surface area (Å²) in [7, 11) is 0. The molecule has 1 aromatic rings. The Morgan fingerprint density at radius 3 is 1.96 bits per heavy atom. The highest BCUT2D eigenvalue weighted by molar-refractivity contribution is 6.08. The molecule has 1 heterocycles. The molecule has 0 atom stereocenters. The molecule has 1 saturated heterocycles. The molecule has 1 amide bonds. The van der Waals surface area contributed by atoms with Crippen molar-refractivity contribution in [2.75, 3.05) is 6.54 Å². The fourth-order valence-corrected chi connectivity index (χ4v) is 2.98. The molecule has 1 aromatic carbocycles. The quantitative estimate of drug-likeness (QED) is 0.726. The molecule has 1 fully saturated rings. The molecule has 2 rings (SSSR count). The molecule has 3 N–H and O–H groups in total. The van der Waals surface area contributed by atoms with Gasteiger partial charge in [-0.05, 0) is 26.7 Å². The Balaban J connectivity index is 2.58. The zero-order chi connectivity index (χ0) is 18.0. The molecular weight excluding hydrogens is 314 g/mol. The predicted molar refractivity (Wildman–Crippen MR) is 85.3 cm³/mol. The van der Waals surface area contributed by atoms with Gasteiger partial charge in [-0.3, -0.25) is 14.4 Å². The monoisotopic (exact) mass is 335 g/mol. The minimum atomic E-state index is -0.740. The van der Waals surface area contributed by atoms with E-state index in [4.69, 9.17) is 0 Å². The van der Waals surface area contributed by atoms with Gasteiger partial charge in [0.05, 0.1) is 12.1 Å². The lowest BCUT2D eigenvalue weighted by molar-refractivity contribution is -0.131. The van der Waals surface area contributed by atoms with Gasteiger partial charge in [-0.25, -0.2) is 0 Å². The zero-order valence-electron chi connectivity index (χ0n) is 13.8. The Morgan fingerprint density at radius 1 is 0.917 bits per heavy atom. The van der Waals surface area contributed by atoms with Crippen LogP contribution >= 0.6 is 0 Å². The van der Waals surface area contributed by atoms with Crippen LogP contribution in [0.4, 0.5) is 0 Å². The van der Waals surface area contributed by atoms with Crippen LogP contribution in [-0.2, 0) is 11.3 Å². The third kappa shape index (κ3) is 3.20. The van der Waals surface area contributed by atoms with Gasteiger partial charge in [0.2, 0.25) is 5.91 Å². The number of carbonyl (C=O) groups excluding carboxylic acids is 3. The third-order valence-corrected chi connectivity index (χ3v) is 4.24. The van der Waals surface area contributed by atoms with Crippen LogP contribution < -0.4 is 0 Å². The van der Waals surface area contributed by atoms with Crippen molar-refractivity contribution in [3.05, 3.63) is 16.7 Å². The van der Waals surface area contributed by atoms with E-state index in [0.29, 0.717) is 13.0 Å². The summed E-state index contributed by atoms with van der Waals surface area (Å²) in [5.74, 6) is -3.34. The number of phenolic OH excluding ortho intramolecular Hbond substituents is 3. The zero-order valence-corrected chi connectivity index (χ0v) is 13.8. The van der Waals surface area contributed by atoms with E-state index in [1.54, 1.807) is 0 Å². The van der Waals surface area contributed by atoms with E-state index in [0.717, 1.165) is 33.1 Å². The van der Waals surface area contributed by atoms with Crippen LogP contribution in [0.3, 0.4) is 0 Å². The molecule has 1 aliphatic heterocycles. The maximum Gasteiger partial charge on any atom is 0.222 e. The number of ketones is 2. The molecule has 7 nitrogen and oxygen atoms in total. The minimum Gasteiger partial charge on any atom is -0.507 e. The van der Waals surface area contributed by atoms with Crippen LogP contribution in [0, 0.1) is 0 Å². The van der Waals surface area contributed by atoms with E-state index in [-0.39, 0.29) is 18.0 Å². The fraction of sp³-hybridized carbons (Fsp3) is 0.471. The first-order chi connectivity index (χ1) is 11.3. The number of carbonyl (C=O) groups is 3. The van der Waals surface area contributed by atoms with Gasteiger partial charge in [0.15, 0.2) is 11.6 Å². The average Bonchev–Trinajstić information content (AvgIpc) is 2.67. The second-order valence-corrected chi connectivity index (χ2v) is 6.01. The molecule has 0 bridgehead atoms. The highest BCUT2D eigenvalue weighted by Gasteiger charge is 2.29. The number of hydrogen-bond donors (Lipinski definition) is 3. The molecule has 24 heavy (non-hydrogen) atoms. The van der Waals surface area contributed by atoms with Gasteiger partial charge in [0.25, 0.3) is 0 Å². The summed E-state index contributed by atoms with van der Waals surface area (Å²) < 4.78 is 0. The van der Waals surface area contributed by atoms with Crippen LogP contribution in [0.15, 0.2) is 0 Å². The van der Waals surface area contributed by atoms with Crippen molar-refractivity contribution >= 4 is 17.5 Å². The summed E-state index contributed by atoms with van der Waals surface area (Å²) in [4.78, 5) is 37.1. The third-order valence-electron chi connectivity index (χ3n) is 4.24. The summed E-state index contributed by atoms with van der Waals surface area (Å²) in [6.45, 7) is 2.61. The SMILES string of the molecule is CC(=O)c1c(O)c(CN2CCCCCC2=O)c(O)c(C(C)=O)c1O. The number of nitrogens with zero attached hydrogens (tertiary/aromatic N) is 1. The topological polar surface area (TPSA) is 115 Å². The second kappa shape index (κ2) is 6.90. The Morgan fingerprint density at radius 2 is 1.46 bits per heavy atom. The van der Waals surface area contributed by atoms with Gasteiger partial charge < -0.3 is 20.2 Å². The normalized spacial score (nSPS) is 15.2. The predicted octanol–water partition coefficient (Wildman–Crippen LogP) is 2.11. The number of rotatable bonds is 4. The number of hydrogen-bond acceptors (Lipinski definition) is 6. The summed E-state index contributed by atoms with van der Waals surface area (Å²) in [5, 5.41) is 30.7. The highest BCUT2D eigenvalue weighted by atomic mass is 16.3. The molecule has 0 radical (unpaired) electrons. The standard InChI is InChI=1S/C17H21NO6/c1-9(19)13-15(22)11(16(23)14(10(2)20)17(13)24)8-18-7-5-3-4-6-12(18)21/h22-24H,3-8H2,1-2H3. The molecule has 0 spiro atoms. The van der Waals surface area contributed by atoms with Gasteiger partial charge in [-0.15, -0.1) is 0 Å².